The van der Waals surface area contributed by atoms with Crippen molar-refractivity contribution in [1.29, 1.82) is 0 Å². The molecule has 0 spiro atoms. The van der Waals surface area contributed by atoms with Crippen LogP contribution < -0.4 is 0 Å². The number of nitrogens with zero attached hydrogens (tertiary/aromatic N) is 5. The van der Waals surface area contributed by atoms with Crippen LogP contribution in [0.25, 0.3) is 11.0 Å². The molecule has 1 saturated heterocycles. The lowest BCUT2D eigenvalue weighted by Gasteiger charge is -2.19. The molecule has 4 rings (SSSR count). The quantitative estimate of drug-likeness (QED) is 0.675. The van der Waals surface area contributed by atoms with Crippen LogP contribution in [0.5, 0.6) is 0 Å². The van der Waals surface area contributed by atoms with Gasteiger partial charge in [0.2, 0.25) is 5.91 Å². The monoisotopic (exact) mass is 381 g/mol. The molecule has 0 aliphatic carbocycles. The summed E-state index contributed by atoms with van der Waals surface area (Å²) in [5, 5.41) is 3.97. The number of aromatic nitrogens is 4. The van der Waals surface area contributed by atoms with Gasteiger partial charge < -0.3 is 14.0 Å². The number of likely N-dealkylation sites (tertiary alicyclic amines) is 1. The lowest BCUT2D eigenvalue weighted by Crippen LogP contribution is -2.29. The van der Waals surface area contributed by atoms with E-state index in [-0.39, 0.29) is 11.8 Å². The van der Waals surface area contributed by atoms with Gasteiger partial charge in [0.05, 0.1) is 22.9 Å². The first-order chi connectivity index (χ1) is 13.5. The number of aryl methyl sites for hydroxylation is 2. The molecule has 1 atom stereocenters. The van der Waals surface area contributed by atoms with Crippen molar-refractivity contribution in [3.05, 3.63) is 41.3 Å². The van der Waals surface area contributed by atoms with Crippen LogP contribution in [0.1, 0.15) is 61.5 Å². The van der Waals surface area contributed by atoms with Gasteiger partial charge in [-0.05, 0) is 46.6 Å². The maximum Gasteiger partial charge on any atom is 0.222 e. The Balaban J connectivity index is 1.48. The Bertz CT molecular complexity index is 984. The van der Waals surface area contributed by atoms with E-state index >= 15 is 0 Å². The van der Waals surface area contributed by atoms with Crippen LogP contribution in [0.4, 0.5) is 0 Å². The number of imidazole rings is 1. The van der Waals surface area contributed by atoms with E-state index in [1.165, 1.54) is 0 Å². The van der Waals surface area contributed by atoms with Crippen molar-refractivity contribution in [2.45, 2.75) is 58.9 Å². The summed E-state index contributed by atoms with van der Waals surface area (Å²) in [6.07, 6.45) is 5.77. The topological polar surface area (TPSA) is 77.1 Å². The summed E-state index contributed by atoms with van der Waals surface area (Å²) in [5.74, 6) is 2.33. The fourth-order valence-electron chi connectivity index (χ4n) is 4.24. The number of carbonyl (C=O) groups excluding carboxylic acids is 1. The SMILES string of the molecule is Cc1noc(C)c1CCC(=O)N1CC[C@H](c2nc3ccncc3n2C(C)C)C1. The number of carbonyl (C=O) groups is 1. The molecule has 1 aliphatic heterocycles. The number of fused-ring (bicyclic) bond motifs is 1. The van der Waals surface area contributed by atoms with Crippen molar-refractivity contribution in [2.24, 2.45) is 0 Å². The van der Waals surface area contributed by atoms with Gasteiger partial charge in [-0.3, -0.25) is 9.78 Å². The molecule has 1 amide bonds. The van der Waals surface area contributed by atoms with Crippen LogP contribution in [0.2, 0.25) is 0 Å². The Labute approximate surface area is 164 Å². The lowest BCUT2D eigenvalue weighted by molar-refractivity contribution is -0.130. The number of pyridine rings is 1. The maximum absolute atomic E-state index is 12.8. The predicted molar refractivity (Wildman–Crippen MR) is 106 cm³/mol. The predicted octanol–water partition coefficient (Wildman–Crippen LogP) is 3.57. The fraction of sp³-hybridized carbons (Fsp3) is 0.524. The molecule has 7 nitrogen and oxygen atoms in total. The molecule has 3 aromatic heterocycles. The van der Waals surface area contributed by atoms with Crippen LogP contribution >= 0.6 is 0 Å². The van der Waals surface area contributed by atoms with Gasteiger partial charge in [-0.25, -0.2) is 4.98 Å². The average Bonchev–Trinajstić information content (AvgIpc) is 3.37. The van der Waals surface area contributed by atoms with Crippen molar-refractivity contribution in [2.75, 3.05) is 13.1 Å². The Kier molecular flexibility index (Phi) is 4.91. The van der Waals surface area contributed by atoms with Crippen LogP contribution in [-0.2, 0) is 11.2 Å². The Morgan fingerprint density at radius 1 is 1.36 bits per heavy atom. The molecular weight excluding hydrogens is 354 g/mol. The largest absolute Gasteiger partial charge is 0.361 e. The number of hydrogen-bond acceptors (Lipinski definition) is 5. The highest BCUT2D eigenvalue weighted by atomic mass is 16.5. The van der Waals surface area contributed by atoms with Crippen molar-refractivity contribution < 1.29 is 9.32 Å². The van der Waals surface area contributed by atoms with Gasteiger partial charge in [0.25, 0.3) is 0 Å². The third kappa shape index (κ3) is 3.30. The van der Waals surface area contributed by atoms with Gasteiger partial charge in [0.1, 0.15) is 11.6 Å². The molecule has 1 fully saturated rings. The zero-order chi connectivity index (χ0) is 19.8. The maximum atomic E-state index is 12.8. The van der Waals surface area contributed by atoms with Crippen LogP contribution in [0.15, 0.2) is 23.0 Å². The van der Waals surface area contributed by atoms with E-state index in [2.05, 4.69) is 28.6 Å². The highest BCUT2D eigenvalue weighted by molar-refractivity contribution is 5.77. The first-order valence-corrected chi connectivity index (χ1v) is 9.97. The third-order valence-corrected chi connectivity index (χ3v) is 5.71. The van der Waals surface area contributed by atoms with Crippen LogP contribution in [-0.4, -0.2) is 43.6 Å². The lowest BCUT2D eigenvalue weighted by atomic mass is 10.1. The van der Waals surface area contributed by atoms with Crippen LogP contribution in [0.3, 0.4) is 0 Å². The van der Waals surface area contributed by atoms with Gasteiger partial charge in [0.15, 0.2) is 0 Å². The minimum atomic E-state index is 0.191. The normalized spacial score (nSPS) is 17.2. The van der Waals surface area contributed by atoms with Crippen molar-refractivity contribution >= 4 is 16.9 Å². The minimum Gasteiger partial charge on any atom is -0.361 e. The van der Waals surface area contributed by atoms with E-state index in [0.717, 1.165) is 53.4 Å². The molecule has 0 radical (unpaired) electrons. The summed E-state index contributed by atoms with van der Waals surface area (Å²) in [4.78, 5) is 23.9. The molecule has 4 heterocycles. The molecular formula is C21H27N5O2. The zero-order valence-electron chi connectivity index (χ0n) is 17.0. The van der Waals surface area contributed by atoms with E-state index in [4.69, 9.17) is 9.51 Å². The van der Waals surface area contributed by atoms with Gasteiger partial charge in [-0.15, -0.1) is 0 Å². The molecule has 1 aliphatic rings. The van der Waals surface area contributed by atoms with E-state index in [9.17, 15) is 4.79 Å². The summed E-state index contributed by atoms with van der Waals surface area (Å²) in [7, 11) is 0. The Morgan fingerprint density at radius 2 is 2.18 bits per heavy atom. The first-order valence-electron chi connectivity index (χ1n) is 9.97. The van der Waals surface area contributed by atoms with Crippen molar-refractivity contribution in [1.82, 2.24) is 24.6 Å². The Hall–Kier alpha value is -2.70. The zero-order valence-corrected chi connectivity index (χ0v) is 17.0. The van der Waals surface area contributed by atoms with Crippen molar-refractivity contribution in [3.63, 3.8) is 0 Å². The minimum absolute atomic E-state index is 0.191. The first kappa shape index (κ1) is 18.7. The molecule has 0 unspecified atom stereocenters. The third-order valence-electron chi connectivity index (χ3n) is 5.71. The van der Waals surface area contributed by atoms with E-state index in [1.54, 1.807) is 6.20 Å². The molecule has 0 N–H and O–H groups in total. The van der Waals surface area contributed by atoms with Gasteiger partial charge in [-0.1, -0.05) is 5.16 Å². The summed E-state index contributed by atoms with van der Waals surface area (Å²) < 4.78 is 7.47. The molecule has 0 aromatic carbocycles. The van der Waals surface area contributed by atoms with Gasteiger partial charge in [0, 0.05) is 43.2 Å². The standard InChI is InChI=1S/C21H27N5O2/c1-13(2)26-19-11-22-9-7-18(19)23-21(26)16-8-10-25(12-16)20(27)6-5-17-14(3)24-28-15(17)4/h7,9,11,13,16H,5-6,8,10,12H2,1-4H3/t16-/m0/s1. The van der Waals surface area contributed by atoms with Gasteiger partial charge in [-0.2, -0.15) is 0 Å². The second-order valence-electron chi connectivity index (χ2n) is 7.93. The Morgan fingerprint density at radius 3 is 2.89 bits per heavy atom. The van der Waals surface area contributed by atoms with Crippen LogP contribution in [0, 0.1) is 13.8 Å². The van der Waals surface area contributed by atoms with Gasteiger partial charge >= 0.3 is 0 Å². The summed E-state index contributed by atoms with van der Waals surface area (Å²) in [5.41, 5.74) is 3.97. The molecule has 148 valence electrons. The number of rotatable bonds is 5. The second kappa shape index (κ2) is 7.37. The molecule has 7 heteroatoms. The molecule has 0 saturated carbocycles. The fourth-order valence-corrected chi connectivity index (χ4v) is 4.24. The molecule has 0 bridgehead atoms. The highest BCUT2D eigenvalue weighted by Gasteiger charge is 2.31. The second-order valence-corrected chi connectivity index (χ2v) is 7.93. The summed E-state index contributed by atoms with van der Waals surface area (Å²) in [6.45, 7) is 9.66. The van der Waals surface area contributed by atoms with Crippen molar-refractivity contribution in [3.8, 4) is 0 Å². The smallest absolute Gasteiger partial charge is 0.222 e. The molecule has 28 heavy (non-hydrogen) atoms. The average molecular weight is 381 g/mol. The number of amides is 1. The van der Waals surface area contributed by atoms with E-state index in [1.807, 2.05) is 31.0 Å². The van der Waals surface area contributed by atoms with E-state index in [0.29, 0.717) is 18.9 Å². The summed E-state index contributed by atoms with van der Waals surface area (Å²) in [6, 6.07) is 2.26. The summed E-state index contributed by atoms with van der Waals surface area (Å²) >= 11 is 0. The molecule has 3 aromatic rings. The highest BCUT2D eigenvalue weighted by Crippen LogP contribution is 2.32. The van der Waals surface area contributed by atoms with E-state index < -0.39 is 0 Å². The number of hydrogen-bond donors (Lipinski definition) is 0.